The number of carbonyl (C=O) groups excluding carboxylic acids is 2. The van der Waals surface area contributed by atoms with Gasteiger partial charge in [-0.15, -0.1) is 0 Å². The quantitative estimate of drug-likeness (QED) is 0.878. The van der Waals surface area contributed by atoms with Gasteiger partial charge in [0.15, 0.2) is 0 Å². The van der Waals surface area contributed by atoms with Crippen LogP contribution in [0.3, 0.4) is 0 Å². The predicted octanol–water partition coefficient (Wildman–Crippen LogP) is 3.42. The number of benzene rings is 2. The van der Waals surface area contributed by atoms with Crippen molar-refractivity contribution in [1.29, 1.82) is 0 Å². The Morgan fingerprint density at radius 2 is 2.11 bits per heavy atom. The van der Waals surface area contributed by atoms with Crippen molar-refractivity contribution in [3.8, 4) is 0 Å². The number of halogens is 2. The van der Waals surface area contributed by atoms with Crippen molar-refractivity contribution in [1.82, 2.24) is 10.2 Å². The Kier molecular flexibility index (Phi) is 4.52. The number of hydrogen-bond donors (Lipinski definition) is 1. The summed E-state index contributed by atoms with van der Waals surface area (Å²) in [6.07, 6.45) is 1.98. The molecule has 0 spiro atoms. The van der Waals surface area contributed by atoms with Gasteiger partial charge in [-0.3, -0.25) is 9.59 Å². The molecule has 2 aromatic rings. The number of rotatable bonds is 3. The first kappa shape index (κ1) is 17.8. The summed E-state index contributed by atoms with van der Waals surface area (Å²) in [6.45, 7) is 0.966. The molecule has 0 bridgehead atoms. The monoisotopic (exact) mass is 387 g/mol. The first-order valence-electron chi connectivity index (χ1n) is 8.85. The molecule has 2 aromatic carbocycles. The summed E-state index contributed by atoms with van der Waals surface area (Å²) in [5.41, 5.74) is 2.50. The van der Waals surface area contributed by atoms with Crippen molar-refractivity contribution in [2.75, 3.05) is 18.5 Å². The van der Waals surface area contributed by atoms with Gasteiger partial charge >= 0.3 is 0 Å². The first-order chi connectivity index (χ1) is 13.0. The molecule has 140 valence electrons. The molecule has 2 amide bonds. The van der Waals surface area contributed by atoms with Gasteiger partial charge in [0.25, 0.3) is 11.8 Å². The van der Waals surface area contributed by atoms with Gasteiger partial charge < -0.3 is 15.1 Å². The van der Waals surface area contributed by atoms with E-state index in [1.807, 2.05) is 11.9 Å². The van der Waals surface area contributed by atoms with E-state index in [4.69, 9.17) is 11.6 Å². The molecule has 0 saturated carbocycles. The lowest BCUT2D eigenvalue weighted by Crippen LogP contribution is -2.50. The van der Waals surface area contributed by atoms with E-state index in [9.17, 15) is 14.0 Å². The Morgan fingerprint density at radius 1 is 1.30 bits per heavy atom. The average molecular weight is 388 g/mol. The van der Waals surface area contributed by atoms with E-state index in [1.165, 1.54) is 12.1 Å². The van der Waals surface area contributed by atoms with Crippen molar-refractivity contribution in [3.05, 3.63) is 63.9 Å². The summed E-state index contributed by atoms with van der Waals surface area (Å²) in [7, 11) is 1.95. The Morgan fingerprint density at radius 3 is 2.89 bits per heavy atom. The van der Waals surface area contributed by atoms with E-state index >= 15 is 0 Å². The minimum atomic E-state index is -0.418. The molecule has 5 nitrogen and oxygen atoms in total. The fourth-order valence-electron chi connectivity index (χ4n) is 3.79. The Hall–Kier alpha value is -2.60. The molecule has 0 aliphatic carbocycles. The van der Waals surface area contributed by atoms with Gasteiger partial charge in [-0.2, -0.15) is 0 Å². The van der Waals surface area contributed by atoms with Gasteiger partial charge in [0.05, 0.1) is 11.3 Å². The summed E-state index contributed by atoms with van der Waals surface area (Å²) in [4.78, 5) is 29.2. The van der Waals surface area contributed by atoms with Crippen LogP contribution >= 0.6 is 11.6 Å². The van der Waals surface area contributed by atoms with E-state index in [1.54, 1.807) is 24.3 Å². The summed E-state index contributed by atoms with van der Waals surface area (Å²) in [5.74, 6) is -0.665. The summed E-state index contributed by atoms with van der Waals surface area (Å²) >= 11 is 6.00. The molecule has 0 aromatic heterocycles. The zero-order chi connectivity index (χ0) is 19.1. The minimum absolute atomic E-state index is 0.0238. The molecule has 2 aliphatic heterocycles. The predicted molar refractivity (Wildman–Crippen MR) is 101 cm³/mol. The third-order valence-corrected chi connectivity index (χ3v) is 5.61. The fourth-order valence-corrected chi connectivity index (χ4v) is 4.03. The third-order valence-electron chi connectivity index (χ3n) is 5.25. The standard InChI is InChI=1S/C20H19ClFN3O2/c1-24-17-9-12(5-7-15(17)20(27)25-8-2-3-18(24)25)19(26)23-11-13-4-6-14(22)10-16(13)21/h4-7,9-10,18H,2-3,8,11H2,1H3,(H,23,26). The number of amides is 2. The lowest BCUT2D eigenvalue weighted by atomic mass is 10.0. The normalized spacial score (nSPS) is 18.3. The number of nitrogens with one attached hydrogen (secondary N) is 1. The number of fused-ring (bicyclic) bond motifs is 2. The molecule has 1 atom stereocenters. The van der Waals surface area contributed by atoms with Crippen LogP contribution in [0.15, 0.2) is 36.4 Å². The molecule has 1 N–H and O–H groups in total. The maximum atomic E-state index is 13.1. The number of carbonyl (C=O) groups is 2. The second-order valence-corrected chi connectivity index (χ2v) is 7.29. The van der Waals surface area contributed by atoms with Crippen LogP contribution in [0.1, 0.15) is 39.1 Å². The minimum Gasteiger partial charge on any atom is -0.354 e. The fraction of sp³-hybridized carbons (Fsp3) is 0.300. The van der Waals surface area contributed by atoms with Gasteiger partial charge in [0, 0.05) is 30.7 Å². The third kappa shape index (κ3) is 3.14. The van der Waals surface area contributed by atoms with Crippen molar-refractivity contribution in [2.24, 2.45) is 0 Å². The van der Waals surface area contributed by atoms with Gasteiger partial charge in [-0.05, 0) is 48.7 Å². The average Bonchev–Trinajstić information content (AvgIpc) is 3.15. The van der Waals surface area contributed by atoms with Crippen LogP contribution in [0.4, 0.5) is 10.1 Å². The highest BCUT2D eigenvalue weighted by molar-refractivity contribution is 6.31. The van der Waals surface area contributed by atoms with Crippen molar-refractivity contribution < 1.29 is 14.0 Å². The smallest absolute Gasteiger partial charge is 0.257 e. The molecule has 1 saturated heterocycles. The van der Waals surface area contributed by atoms with Crippen LogP contribution in [0, 0.1) is 5.82 Å². The first-order valence-corrected chi connectivity index (χ1v) is 9.23. The molecule has 0 radical (unpaired) electrons. The highest BCUT2D eigenvalue weighted by Crippen LogP contribution is 2.35. The molecule has 1 unspecified atom stereocenters. The molecular weight excluding hydrogens is 369 g/mol. The summed E-state index contributed by atoms with van der Waals surface area (Å²) < 4.78 is 13.1. The molecule has 4 rings (SSSR count). The van der Waals surface area contributed by atoms with Gasteiger partial charge in [-0.25, -0.2) is 4.39 Å². The Balaban J connectivity index is 1.54. The Bertz CT molecular complexity index is 933. The van der Waals surface area contributed by atoms with Crippen LogP contribution < -0.4 is 10.2 Å². The lowest BCUT2D eigenvalue weighted by Gasteiger charge is -2.40. The van der Waals surface area contributed by atoms with E-state index in [-0.39, 0.29) is 29.5 Å². The van der Waals surface area contributed by atoms with E-state index in [0.29, 0.717) is 16.7 Å². The Labute approximate surface area is 161 Å². The molecular formula is C20H19ClFN3O2. The highest BCUT2D eigenvalue weighted by atomic mass is 35.5. The summed E-state index contributed by atoms with van der Waals surface area (Å²) in [6, 6.07) is 9.19. The number of hydrogen-bond acceptors (Lipinski definition) is 3. The van der Waals surface area contributed by atoms with E-state index in [0.717, 1.165) is 25.1 Å². The van der Waals surface area contributed by atoms with Gasteiger partial charge in [0.1, 0.15) is 12.0 Å². The van der Waals surface area contributed by atoms with Crippen molar-refractivity contribution in [2.45, 2.75) is 25.6 Å². The molecule has 27 heavy (non-hydrogen) atoms. The summed E-state index contributed by atoms with van der Waals surface area (Å²) in [5, 5.41) is 3.07. The van der Waals surface area contributed by atoms with Crippen LogP contribution in [0.2, 0.25) is 5.02 Å². The second kappa shape index (κ2) is 6.85. The SMILES string of the molecule is CN1c2cc(C(=O)NCc3ccc(F)cc3Cl)ccc2C(=O)N2CCCC21. The highest BCUT2D eigenvalue weighted by Gasteiger charge is 2.38. The largest absolute Gasteiger partial charge is 0.354 e. The van der Waals surface area contributed by atoms with Gasteiger partial charge in [0.2, 0.25) is 0 Å². The number of anilines is 1. The number of nitrogens with zero attached hydrogens (tertiary/aromatic N) is 2. The van der Waals surface area contributed by atoms with Crippen molar-refractivity contribution in [3.63, 3.8) is 0 Å². The van der Waals surface area contributed by atoms with Crippen LogP contribution in [0.25, 0.3) is 0 Å². The molecule has 2 heterocycles. The van der Waals surface area contributed by atoms with E-state index in [2.05, 4.69) is 10.2 Å². The molecule has 2 aliphatic rings. The van der Waals surface area contributed by atoms with E-state index < -0.39 is 5.82 Å². The maximum absolute atomic E-state index is 13.1. The molecule has 1 fully saturated rings. The maximum Gasteiger partial charge on any atom is 0.257 e. The van der Waals surface area contributed by atoms with Crippen LogP contribution in [-0.2, 0) is 6.54 Å². The van der Waals surface area contributed by atoms with Crippen LogP contribution in [0.5, 0.6) is 0 Å². The van der Waals surface area contributed by atoms with Gasteiger partial charge in [-0.1, -0.05) is 17.7 Å². The van der Waals surface area contributed by atoms with Crippen molar-refractivity contribution >= 4 is 29.1 Å². The topological polar surface area (TPSA) is 52.7 Å². The zero-order valence-electron chi connectivity index (χ0n) is 14.8. The lowest BCUT2D eigenvalue weighted by molar-refractivity contribution is 0.0719. The second-order valence-electron chi connectivity index (χ2n) is 6.88. The molecule has 7 heteroatoms. The van der Waals surface area contributed by atoms with Crippen LogP contribution in [-0.4, -0.2) is 36.5 Å². The zero-order valence-corrected chi connectivity index (χ0v) is 15.6.